The maximum atomic E-state index is 12.3. The third-order valence-corrected chi connectivity index (χ3v) is 4.89. The number of rotatable bonds is 6. The fourth-order valence-corrected chi connectivity index (χ4v) is 2.40. The van der Waals surface area contributed by atoms with Gasteiger partial charge in [0.05, 0.1) is 11.8 Å². The number of carbonyl (C=O) groups excluding carboxylic acids is 2. The Morgan fingerprint density at radius 1 is 1.30 bits per heavy atom. The number of nitrogens with one attached hydrogen (secondary N) is 2. The van der Waals surface area contributed by atoms with Crippen LogP contribution in [0.1, 0.15) is 38.2 Å². The molecule has 1 heterocycles. The number of H-pyrrole nitrogens is 1. The van der Waals surface area contributed by atoms with Crippen LogP contribution in [0, 0.1) is 17.2 Å². The summed E-state index contributed by atoms with van der Waals surface area (Å²) >= 11 is 3.36. The number of aromatic amines is 1. The molecule has 2 aromatic rings. The molecule has 0 bridgehead atoms. The summed E-state index contributed by atoms with van der Waals surface area (Å²) in [6.45, 7) is 6.74. The number of benzene rings is 1. The highest BCUT2D eigenvalue weighted by Gasteiger charge is 2.32. The van der Waals surface area contributed by atoms with Gasteiger partial charge in [-0.1, -0.05) is 41.9 Å². The third kappa shape index (κ3) is 4.95. The molecule has 2 atom stereocenters. The minimum Gasteiger partial charge on any atom is -0.448 e. The summed E-state index contributed by atoms with van der Waals surface area (Å²) in [6.07, 6.45) is -1.05. The predicted molar refractivity (Wildman–Crippen MR) is 104 cm³/mol. The minimum atomic E-state index is -1.05. The van der Waals surface area contributed by atoms with Gasteiger partial charge in [-0.3, -0.25) is 9.89 Å². The fourth-order valence-electron chi connectivity index (χ4n) is 2.13. The van der Waals surface area contributed by atoms with Crippen molar-refractivity contribution in [2.75, 3.05) is 0 Å². The molecule has 0 radical (unpaired) electrons. The number of nitriles is 1. The van der Waals surface area contributed by atoms with Crippen LogP contribution >= 0.6 is 15.9 Å². The van der Waals surface area contributed by atoms with Gasteiger partial charge in [-0.2, -0.15) is 10.4 Å². The van der Waals surface area contributed by atoms with E-state index < -0.39 is 23.5 Å². The smallest absolute Gasteiger partial charge is 0.357 e. The number of aromatic nitrogens is 2. The minimum absolute atomic E-state index is 0.101. The maximum Gasteiger partial charge on any atom is 0.357 e. The van der Waals surface area contributed by atoms with Crippen molar-refractivity contribution < 1.29 is 14.3 Å². The standard InChI is InChI=1S/C19H21BrN4O3/c1-11(2)19(4,10-21)22-17(25)12(3)27-18(26)16-9-15(23-24-16)13-5-7-14(20)8-6-13/h5-9,11-12H,1-4H3,(H,22,25)(H,23,24)/t12-,19+/m1/s1. The molecular weight excluding hydrogens is 412 g/mol. The molecular formula is C19H21BrN4O3. The van der Waals surface area contributed by atoms with Crippen LogP contribution in [-0.4, -0.2) is 33.7 Å². The number of hydrogen-bond donors (Lipinski definition) is 2. The molecule has 0 saturated heterocycles. The summed E-state index contributed by atoms with van der Waals surface area (Å²) in [5.41, 5.74) is 0.518. The van der Waals surface area contributed by atoms with E-state index in [2.05, 4.69) is 37.5 Å². The van der Waals surface area contributed by atoms with Crippen molar-refractivity contribution in [3.63, 3.8) is 0 Å². The van der Waals surface area contributed by atoms with Gasteiger partial charge in [0, 0.05) is 10.0 Å². The van der Waals surface area contributed by atoms with Crippen LogP contribution in [-0.2, 0) is 9.53 Å². The summed E-state index contributed by atoms with van der Waals surface area (Å²) in [5, 5.41) is 18.6. The Morgan fingerprint density at radius 2 is 1.93 bits per heavy atom. The van der Waals surface area contributed by atoms with Gasteiger partial charge in [0.2, 0.25) is 0 Å². The molecule has 0 unspecified atom stereocenters. The van der Waals surface area contributed by atoms with Gasteiger partial charge in [0.25, 0.3) is 5.91 Å². The lowest BCUT2D eigenvalue weighted by Crippen LogP contribution is -2.52. The first-order valence-corrected chi connectivity index (χ1v) is 9.21. The van der Waals surface area contributed by atoms with Crippen LogP contribution in [0.4, 0.5) is 0 Å². The first-order valence-electron chi connectivity index (χ1n) is 8.42. The zero-order valence-corrected chi connectivity index (χ0v) is 17.1. The van der Waals surface area contributed by atoms with Crippen molar-refractivity contribution in [3.05, 3.63) is 40.5 Å². The van der Waals surface area contributed by atoms with Gasteiger partial charge >= 0.3 is 5.97 Å². The Hall–Kier alpha value is -2.66. The van der Waals surface area contributed by atoms with Gasteiger partial charge in [0.1, 0.15) is 11.2 Å². The number of halogens is 1. The summed E-state index contributed by atoms with van der Waals surface area (Å²) in [7, 11) is 0. The zero-order chi connectivity index (χ0) is 20.2. The molecule has 27 heavy (non-hydrogen) atoms. The molecule has 2 rings (SSSR count). The van der Waals surface area contributed by atoms with Crippen molar-refractivity contribution in [1.82, 2.24) is 15.5 Å². The molecule has 8 heteroatoms. The molecule has 1 aromatic carbocycles. The summed E-state index contributed by atoms with van der Waals surface area (Å²) in [4.78, 5) is 24.6. The average Bonchev–Trinajstić information content (AvgIpc) is 3.12. The normalized spacial score (nSPS) is 14.1. The molecule has 142 valence electrons. The number of hydrogen-bond acceptors (Lipinski definition) is 5. The van der Waals surface area contributed by atoms with Crippen LogP contribution < -0.4 is 5.32 Å². The summed E-state index contributed by atoms with van der Waals surface area (Å²) < 4.78 is 6.13. The molecule has 1 amide bonds. The van der Waals surface area contributed by atoms with Crippen molar-refractivity contribution >= 4 is 27.8 Å². The van der Waals surface area contributed by atoms with Crippen LogP contribution in [0.3, 0.4) is 0 Å². The fraction of sp³-hybridized carbons (Fsp3) is 0.368. The average molecular weight is 433 g/mol. The molecule has 0 saturated carbocycles. The van der Waals surface area contributed by atoms with E-state index in [0.29, 0.717) is 5.69 Å². The Labute approximate surface area is 166 Å². The van der Waals surface area contributed by atoms with E-state index >= 15 is 0 Å². The van der Waals surface area contributed by atoms with E-state index in [1.807, 2.05) is 38.1 Å². The molecule has 0 aliphatic carbocycles. The Morgan fingerprint density at radius 3 is 2.48 bits per heavy atom. The number of ether oxygens (including phenoxy) is 1. The van der Waals surface area contributed by atoms with Gasteiger partial charge < -0.3 is 10.1 Å². The molecule has 0 aliphatic rings. The van der Waals surface area contributed by atoms with Gasteiger partial charge in [0.15, 0.2) is 6.10 Å². The second-order valence-corrected chi connectivity index (χ2v) is 7.60. The largest absolute Gasteiger partial charge is 0.448 e. The SMILES string of the molecule is CC(C)[C@](C)(C#N)NC(=O)[C@@H](C)OC(=O)c1cc(-c2ccc(Br)cc2)n[nH]1. The lowest BCUT2D eigenvalue weighted by molar-refractivity contribution is -0.130. The van der Waals surface area contributed by atoms with E-state index in [9.17, 15) is 14.9 Å². The third-order valence-electron chi connectivity index (χ3n) is 4.36. The van der Waals surface area contributed by atoms with Crippen LogP contribution in [0.15, 0.2) is 34.8 Å². The van der Waals surface area contributed by atoms with Crippen LogP contribution in [0.25, 0.3) is 11.3 Å². The van der Waals surface area contributed by atoms with Gasteiger partial charge in [-0.15, -0.1) is 0 Å². The van der Waals surface area contributed by atoms with Crippen LogP contribution in [0.2, 0.25) is 0 Å². The quantitative estimate of drug-likeness (QED) is 0.679. The monoisotopic (exact) mass is 432 g/mol. The van der Waals surface area contributed by atoms with E-state index in [-0.39, 0.29) is 11.6 Å². The molecule has 2 N–H and O–H groups in total. The second-order valence-electron chi connectivity index (χ2n) is 6.68. The van der Waals surface area contributed by atoms with Crippen LogP contribution in [0.5, 0.6) is 0 Å². The number of amides is 1. The lowest BCUT2D eigenvalue weighted by atomic mass is 9.90. The molecule has 0 aliphatic heterocycles. The Kier molecular flexibility index (Phi) is 6.39. The van der Waals surface area contributed by atoms with E-state index in [1.54, 1.807) is 13.0 Å². The molecule has 0 spiro atoms. The maximum absolute atomic E-state index is 12.3. The van der Waals surface area contributed by atoms with E-state index in [0.717, 1.165) is 10.0 Å². The number of esters is 1. The van der Waals surface area contributed by atoms with Crippen molar-refractivity contribution in [2.24, 2.45) is 5.92 Å². The number of carbonyl (C=O) groups is 2. The summed E-state index contributed by atoms with van der Waals surface area (Å²) in [6, 6.07) is 11.1. The highest BCUT2D eigenvalue weighted by Crippen LogP contribution is 2.21. The Bertz CT molecular complexity index is 870. The molecule has 1 aromatic heterocycles. The second kappa shape index (κ2) is 8.35. The molecule has 7 nitrogen and oxygen atoms in total. The summed E-state index contributed by atoms with van der Waals surface area (Å²) in [5.74, 6) is -1.33. The molecule has 0 fully saturated rings. The zero-order valence-electron chi connectivity index (χ0n) is 15.5. The topological polar surface area (TPSA) is 108 Å². The highest BCUT2D eigenvalue weighted by atomic mass is 79.9. The first kappa shape index (κ1) is 20.6. The lowest BCUT2D eigenvalue weighted by Gasteiger charge is -2.28. The van der Waals surface area contributed by atoms with Gasteiger partial charge in [-0.05, 0) is 38.0 Å². The Balaban J connectivity index is 2.03. The van der Waals surface area contributed by atoms with Crippen molar-refractivity contribution in [3.8, 4) is 17.3 Å². The first-order chi connectivity index (χ1) is 12.7. The van der Waals surface area contributed by atoms with Gasteiger partial charge in [-0.25, -0.2) is 4.79 Å². The van der Waals surface area contributed by atoms with E-state index in [4.69, 9.17) is 4.74 Å². The van der Waals surface area contributed by atoms with Crippen molar-refractivity contribution in [2.45, 2.75) is 39.3 Å². The predicted octanol–water partition coefficient (Wildman–Crippen LogP) is 3.44. The van der Waals surface area contributed by atoms with Crippen molar-refractivity contribution in [1.29, 1.82) is 5.26 Å². The number of nitrogens with zero attached hydrogens (tertiary/aromatic N) is 2. The van der Waals surface area contributed by atoms with E-state index in [1.165, 1.54) is 6.92 Å². The highest BCUT2D eigenvalue weighted by molar-refractivity contribution is 9.10.